The molecule has 1 aliphatic rings. The molecule has 32 heavy (non-hydrogen) atoms. The first kappa shape index (κ1) is 22.8. The van der Waals surface area contributed by atoms with E-state index in [-0.39, 0.29) is 11.9 Å². The average molecular weight is 474 g/mol. The first-order chi connectivity index (χ1) is 15.5. The van der Waals surface area contributed by atoms with Gasteiger partial charge in [0.1, 0.15) is 11.5 Å². The molecule has 1 aliphatic heterocycles. The maximum absolute atomic E-state index is 12.7. The molecule has 8 heteroatoms. The van der Waals surface area contributed by atoms with Crippen LogP contribution in [0.4, 0.5) is 0 Å². The second-order valence-electron chi connectivity index (χ2n) is 8.11. The second-order valence-corrected chi connectivity index (χ2v) is 9.61. The topological polar surface area (TPSA) is 63.7 Å². The molecular formula is C24H28ClN3O3S. The van der Waals surface area contributed by atoms with Gasteiger partial charge in [-0.1, -0.05) is 11.6 Å². The molecule has 2 aromatic carbocycles. The number of aromatic nitrogens is 1. The van der Waals surface area contributed by atoms with Gasteiger partial charge in [0.2, 0.25) is 5.91 Å². The van der Waals surface area contributed by atoms with Crippen LogP contribution in [0.3, 0.4) is 0 Å². The fourth-order valence-corrected chi connectivity index (χ4v) is 5.46. The summed E-state index contributed by atoms with van der Waals surface area (Å²) in [6.45, 7) is 4.11. The average Bonchev–Trinajstić information content (AvgIpc) is 3.22. The number of rotatable bonds is 7. The Morgan fingerprint density at radius 1 is 1.22 bits per heavy atom. The lowest BCUT2D eigenvalue weighted by Gasteiger charge is -2.30. The maximum Gasteiger partial charge on any atom is 0.234 e. The molecule has 170 valence electrons. The Morgan fingerprint density at radius 3 is 2.72 bits per heavy atom. The van der Waals surface area contributed by atoms with Crippen LogP contribution in [0.2, 0.25) is 5.02 Å². The number of nitrogens with zero attached hydrogens (tertiary/aromatic N) is 2. The number of fused-ring (bicyclic) bond motifs is 1. The van der Waals surface area contributed by atoms with Crippen LogP contribution in [0, 0.1) is 0 Å². The summed E-state index contributed by atoms with van der Waals surface area (Å²) < 4.78 is 11.9. The van der Waals surface area contributed by atoms with E-state index in [9.17, 15) is 4.79 Å². The smallest absolute Gasteiger partial charge is 0.234 e. The summed E-state index contributed by atoms with van der Waals surface area (Å²) in [7, 11) is 3.26. The normalized spacial score (nSPS) is 16.1. The van der Waals surface area contributed by atoms with E-state index in [1.807, 2.05) is 43.3 Å². The molecule has 2 heterocycles. The molecule has 0 aliphatic carbocycles. The van der Waals surface area contributed by atoms with Crippen LogP contribution in [-0.2, 0) is 4.79 Å². The highest BCUT2D eigenvalue weighted by Gasteiger charge is 2.25. The van der Waals surface area contributed by atoms with E-state index >= 15 is 0 Å². The molecule has 4 rings (SSSR count). The highest BCUT2D eigenvalue weighted by Crippen LogP contribution is 2.35. The predicted octanol–water partition coefficient (Wildman–Crippen LogP) is 5.02. The Bertz CT molecular complexity index is 1100. The molecule has 0 unspecified atom stereocenters. The van der Waals surface area contributed by atoms with Crippen molar-refractivity contribution in [3.8, 4) is 11.5 Å². The Balaban J connectivity index is 1.31. The van der Waals surface area contributed by atoms with Crippen molar-refractivity contribution < 1.29 is 14.3 Å². The zero-order valence-electron chi connectivity index (χ0n) is 18.6. The Kier molecular flexibility index (Phi) is 7.18. The number of halogens is 1. The molecular weight excluding hydrogens is 446 g/mol. The number of hydrogen-bond acceptors (Lipinski definition) is 6. The van der Waals surface area contributed by atoms with Crippen LogP contribution < -0.4 is 14.8 Å². The highest BCUT2D eigenvalue weighted by atomic mass is 35.5. The standard InChI is InChI=1S/C24H28ClN3O3S/c1-15(19-13-18(30-2)5-6-21(19)31-3)26-23(29)14-28-10-8-16(9-11-28)24-27-20-12-17(25)4-7-22(20)32-24/h4-7,12-13,15-16H,8-11,14H2,1-3H3,(H,26,29)/t15-/m0/s1. The molecule has 0 radical (unpaired) electrons. The third kappa shape index (κ3) is 5.17. The highest BCUT2D eigenvalue weighted by molar-refractivity contribution is 7.18. The number of benzene rings is 2. The van der Waals surface area contributed by atoms with Crippen molar-refractivity contribution in [3.05, 3.63) is 52.0 Å². The third-order valence-corrected chi connectivity index (χ3v) is 7.39. The Hall–Kier alpha value is -2.35. The summed E-state index contributed by atoms with van der Waals surface area (Å²) in [5.41, 5.74) is 1.87. The van der Waals surface area contributed by atoms with E-state index in [4.69, 9.17) is 26.1 Å². The first-order valence-electron chi connectivity index (χ1n) is 10.8. The number of hydrogen-bond donors (Lipinski definition) is 1. The van der Waals surface area contributed by atoms with Crippen molar-refractivity contribution >= 4 is 39.1 Å². The summed E-state index contributed by atoms with van der Waals surface area (Å²) in [4.78, 5) is 19.7. The monoisotopic (exact) mass is 473 g/mol. The molecule has 1 atom stereocenters. The number of thiazole rings is 1. The van der Waals surface area contributed by atoms with Gasteiger partial charge < -0.3 is 14.8 Å². The van der Waals surface area contributed by atoms with Crippen LogP contribution in [0.15, 0.2) is 36.4 Å². The molecule has 0 bridgehead atoms. The van der Waals surface area contributed by atoms with Gasteiger partial charge in [-0.05, 0) is 69.3 Å². The second kappa shape index (κ2) is 10.1. The largest absolute Gasteiger partial charge is 0.497 e. The summed E-state index contributed by atoms with van der Waals surface area (Å²) in [5.74, 6) is 1.92. The number of methoxy groups -OCH3 is 2. The van der Waals surface area contributed by atoms with Gasteiger partial charge in [-0.15, -0.1) is 11.3 Å². The van der Waals surface area contributed by atoms with E-state index in [1.54, 1.807) is 25.6 Å². The van der Waals surface area contributed by atoms with Gasteiger partial charge in [0.15, 0.2) is 0 Å². The van der Waals surface area contributed by atoms with Crippen molar-refractivity contribution in [2.75, 3.05) is 33.9 Å². The lowest BCUT2D eigenvalue weighted by atomic mass is 9.97. The summed E-state index contributed by atoms with van der Waals surface area (Å²) in [5, 5.41) is 4.99. The van der Waals surface area contributed by atoms with Gasteiger partial charge >= 0.3 is 0 Å². The zero-order valence-corrected chi connectivity index (χ0v) is 20.1. The minimum Gasteiger partial charge on any atom is -0.497 e. The molecule has 1 aromatic heterocycles. The number of amides is 1. The SMILES string of the molecule is COc1ccc(OC)c([C@H](C)NC(=O)CN2CCC(c3nc4cc(Cl)ccc4s3)CC2)c1. The predicted molar refractivity (Wildman–Crippen MR) is 129 cm³/mol. The molecule has 0 spiro atoms. The lowest BCUT2D eigenvalue weighted by molar-refractivity contribution is -0.123. The first-order valence-corrected chi connectivity index (χ1v) is 12.0. The maximum atomic E-state index is 12.7. The minimum atomic E-state index is -0.181. The third-order valence-electron chi connectivity index (χ3n) is 5.95. The van der Waals surface area contributed by atoms with Crippen LogP contribution in [0.25, 0.3) is 10.2 Å². The molecule has 3 aromatic rings. The van der Waals surface area contributed by atoms with Crippen LogP contribution >= 0.6 is 22.9 Å². The number of carbonyl (C=O) groups excluding carboxylic acids is 1. The summed E-state index contributed by atoms with van der Waals surface area (Å²) in [6, 6.07) is 11.3. The van der Waals surface area contributed by atoms with Crippen molar-refractivity contribution in [1.29, 1.82) is 0 Å². The van der Waals surface area contributed by atoms with Crippen LogP contribution in [0.1, 0.15) is 42.3 Å². The molecule has 0 saturated carbocycles. The van der Waals surface area contributed by atoms with E-state index in [0.717, 1.165) is 53.5 Å². The minimum absolute atomic E-state index is 0.00968. The zero-order chi connectivity index (χ0) is 22.7. The molecule has 6 nitrogen and oxygen atoms in total. The molecule has 1 saturated heterocycles. The van der Waals surface area contributed by atoms with Gasteiger partial charge in [0.05, 0.1) is 42.0 Å². The number of ether oxygens (including phenoxy) is 2. The van der Waals surface area contributed by atoms with Crippen LogP contribution in [0.5, 0.6) is 11.5 Å². The van der Waals surface area contributed by atoms with E-state index in [1.165, 1.54) is 9.71 Å². The van der Waals surface area contributed by atoms with Gasteiger partial charge in [-0.3, -0.25) is 9.69 Å². The van der Waals surface area contributed by atoms with E-state index < -0.39 is 0 Å². The Morgan fingerprint density at radius 2 is 2.00 bits per heavy atom. The van der Waals surface area contributed by atoms with Crippen molar-refractivity contribution in [2.24, 2.45) is 0 Å². The van der Waals surface area contributed by atoms with Gasteiger partial charge in [-0.2, -0.15) is 0 Å². The van der Waals surface area contributed by atoms with E-state index in [0.29, 0.717) is 12.5 Å². The number of nitrogens with one attached hydrogen (secondary N) is 1. The van der Waals surface area contributed by atoms with Crippen LogP contribution in [-0.4, -0.2) is 49.6 Å². The Labute approximate surface area is 197 Å². The van der Waals surface area contributed by atoms with Gasteiger partial charge in [0, 0.05) is 16.5 Å². The van der Waals surface area contributed by atoms with Gasteiger partial charge in [-0.25, -0.2) is 4.98 Å². The number of carbonyl (C=O) groups is 1. The van der Waals surface area contributed by atoms with Crippen molar-refractivity contribution in [2.45, 2.75) is 31.7 Å². The van der Waals surface area contributed by atoms with Gasteiger partial charge in [0.25, 0.3) is 0 Å². The molecule has 1 amide bonds. The quantitative estimate of drug-likeness (QED) is 0.521. The molecule has 1 N–H and O–H groups in total. The fraction of sp³-hybridized carbons (Fsp3) is 0.417. The number of piperidine rings is 1. The fourth-order valence-electron chi connectivity index (χ4n) is 4.18. The van der Waals surface area contributed by atoms with E-state index in [2.05, 4.69) is 10.2 Å². The number of likely N-dealkylation sites (tertiary alicyclic amines) is 1. The van der Waals surface area contributed by atoms with Crippen molar-refractivity contribution in [3.63, 3.8) is 0 Å². The summed E-state index contributed by atoms with van der Waals surface area (Å²) >= 11 is 7.85. The van der Waals surface area contributed by atoms with Crippen molar-refractivity contribution in [1.82, 2.24) is 15.2 Å². The lowest BCUT2D eigenvalue weighted by Crippen LogP contribution is -2.41. The summed E-state index contributed by atoms with van der Waals surface area (Å²) in [6.07, 6.45) is 2.00. The molecule has 1 fully saturated rings.